The third kappa shape index (κ3) is 5.60. The van der Waals surface area contributed by atoms with Gasteiger partial charge in [-0.1, -0.05) is 0 Å². The molecule has 0 saturated heterocycles. The molecule has 0 aliphatic rings. The van der Waals surface area contributed by atoms with Crippen molar-refractivity contribution in [3.05, 3.63) is 0 Å². The van der Waals surface area contributed by atoms with Crippen LogP contribution in [0.15, 0.2) is 0 Å². The number of nitrogens with zero attached hydrogens (tertiary/aromatic N) is 1. The first-order valence-electron chi connectivity index (χ1n) is 6.39. The number of carbonyl (C=O) groups excluding carboxylic acids is 2. The van der Waals surface area contributed by atoms with Gasteiger partial charge in [-0.15, -0.1) is 0 Å². The Bertz CT molecular complexity index is 277. The molecule has 1 N–H and O–H groups in total. The molecule has 0 unspecified atom stereocenters. The van der Waals surface area contributed by atoms with Crippen molar-refractivity contribution in [2.24, 2.45) is 5.41 Å². The van der Waals surface area contributed by atoms with Crippen LogP contribution in [0, 0.1) is 5.41 Å². The van der Waals surface area contributed by atoms with Crippen LogP contribution in [0.5, 0.6) is 0 Å². The Hall–Kier alpha value is -0.940. The number of rotatable bonds is 9. The van der Waals surface area contributed by atoms with Crippen molar-refractivity contribution in [2.45, 2.75) is 27.2 Å². The molecular formula is C13H26N2O3. The Balaban J connectivity index is 4.24. The SMILES string of the molecule is CCOC(=O)C(C)(C)C(=O)CN(C)CCCNC. The number of Topliss-reactive ketones (excluding diaryl/α,β-unsaturated/α-hetero) is 1. The van der Waals surface area contributed by atoms with Gasteiger partial charge in [-0.3, -0.25) is 14.5 Å². The molecule has 0 aromatic carbocycles. The number of likely N-dealkylation sites (N-methyl/N-ethyl adjacent to an activating group) is 1. The van der Waals surface area contributed by atoms with E-state index in [4.69, 9.17) is 4.74 Å². The maximum Gasteiger partial charge on any atom is 0.319 e. The van der Waals surface area contributed by atoms with Gasteiger partial charge < -0.3 is 10.1 Å². The molecule has 106 valence electrons. The highest BCUT2D eigenvalue weighted by Crippen LogP contribution is 2.19. The Kier molecular flexibility index (Phi) is 7.78. The molecule has 5 nitrogen and oxygen atoms in total. The summed E-state index contributed by atoms with van der Waals surface area (Å²) in [5.41, 5.74) is -1.06. The summed E-state index contributed by atoms with van der Waals surface area (Å²) in [6.45, 7) is 7.29. The highest BCUT2D eigenvalue weighted by atomic mass is 16.5. The van der Waals surface area contributed by atoms with Gasteiger partial charge in [0.25, 0.3) is 0 Å². The van der Waals surface area contributed by atoms with E-state index in [9.17, 15) is 9.59 Å². The first-order chi connectivity index (χ1) is 8.36. The predicted octanol–water partition coefficient (Wildman–Crippen LogP) is 0.686. The summed E-state index contributed by atoms with van der Waals surface area (Å²) >= 11 is 0. The molecule has 0 aromatic rings. The normalized spacial score (nSPS) is 11.7. The van der Waals surface area contributed by atoms with Gasteiger partial charge in [-0.05, 0) is 54.4 Å². The third-order valence-electron chi connectivity index (χ3n) is 2.86. The van der Waals surface area contributed by atoms with E-state index < -0.39 is 11.4 Å². The van der Waals surface area contributed by atoms with E-state index in [1.165, 1.54) is 0 Å². The molecule has 0 atom stereocenters. The highest BCUT2D eigenvalue weighted by molar-refractivity contribution is 6.03. The van der Waals surface area contributed by atoms with Crippen molar-refractivity contribution < 1.29 is 14.3 Å². The topological polar surface area (TPSA) is 58.6 Å². The summed E-state index contributed by atoms with van der Waals surface area (Å²) in [7, 11) is 3.78. The van der Waals surface area contributed by atoms with Crippen LogP contribution in [-0.2, 0) is 14.3 Å². The number of carbonyl (C=O) groups is 2. The first-order valence-corrected chi connectivity index (χ1v) is 6.39. The van der Waals surface area contributed by atoms with Crippen molar-refractivity contribution >= 4 is 11.8 Å². The second-order valence-electron chi connectivity index (χ2n) is 4.96. The summed E-state index contributed by atoms with van der Waals surface area (Å²) in [5, 5.41) is 3.06. The van der Waals surface area contributed by atoms with E-state index in [0.29, 0.717) is 6.61 Å². The van der Waals surface area contributed by atoms with Gasteiger partial charge in [-0.25, -0.2) is 0 Å². The molecule has 0 aromatic heterocycles. The van der Waals surface area contributed by atoms with E-state index in [1.54, 1.807) is 20.8 Å². The van der Waals surface area contributed by atoms with Crippen LogP contribution in [0.25, 0.3) is 0 Å². The molecule has 0 aliphatic heterocycles. The van der Waals surface area contributed by atoms with Gasteiger partial charge in [0.1, 0.15) is 5.41 Å². The quantitative estimate of drug-likeness (QED) is 0.374. The molecular weight excluding hydrogens is 232 g/mol. The minimum absolute atomic E-state index is 0.104. The summed E-state index contributed by atoms with van der Waals surface area (Å²) in [4.78, 5) is 25.7. The molecule has 0 fully saturated rings. The average Bonchev–Trinajstić information content (AvgIpc) is 2.29. The standard InChI is InChI=1S/C13H26N2O3/c1-6-18-12(17)13(2,3)11(16)10-15(5)9-7-8-14-4/h14H,6-10H2,1-5H3. The van der Waals surface area contributed by atoms with Gasteiger partial charge in [0.05, 0.1) is 13.2 Å². The van der Waals surface area contributed by atoms with Crippen LogP contribution in [0.1, 0.15) is 27.2 Å². The number of esters is 1. The fourth-order valence-electron chi connectivity index (χ4n) is 1.47. The number of ether oxygens (including phenoxy) is 1. The van der Waals surface area contributed by atoms with E-state index >= 15 is 0 Å². The van der Waals surface area contributed by atoms with Crippen LogP contribution in [0.3, 0.4) is 0 Å². The Labute approximate surface area is 110 Å². The zero-order valence-corrected chi connectivity index (χ0v) is 12.2. The maximum absolute atomic E-state index is 12.1. The average molecular weight is 258 g/mol. The fourth-order valence-corrected chi connectivity index (χ4v) is 1.47. The lowest BCUT2D eigenvalue weighted by Crippen LogP contribution is -2.41. The lowest BCUT2D eigenvalue weighted by molar-refractivity contribution is -0.158. The van der Waals surface area contributed by atoms with E-state index in [1.807, 2.05) is 19.0 Å². The van der Waals surface area contributed by atoms with Crippen LogP contribution in [0.4, 0.5) is 0 Å². The van der Waals surface area contributed by atoms with Gasteiger partial charge in [0, 0.05) is 0 Å². The minimum Gasteiger partial charge on any atom is -0.465 e. The minimum atomic E-state index is -1.06. The molecule has 18 heavy (non-hydrogen) atoms. The lowest BCUT2D eigenvalue weighted by atomic mass is 9.88. The number of hydrogen-bond donors (Lipinski definition) is 1. The molecule has 5 heteroatoms. The van der Waals surface area contributed by atoms with Crippen molar-refractivity contribution in [3.8, 4) is 0 Å². The van der Waals surface area contributed by atoms with E-state index in [0.717, 1.165) is 19.5 Å². The molecule has 0 bridgehead atoms. The summed E-state index contributed by atoms with van der Waals surface area (Å²) < 4.78 is 4.92. The van der Waals surface area contributed by atoms with Crippen LogP contribution in [-0.4, -0.2) is 57.0 Å². The summed E-state index contributed by atoms with van der Waals surface area (Å²) in [5.74, 6) is -0.550. The second-order valence-corrected chi connectivity index (χ2v) is 4.96. The van der Waals surface area contributed by atoms with Crippen molar-refractivity contribution in [1.82, 2.24) is 10.2 Å². The molecule has 0 saturated carbocycles. The Morgan fingerprint density at radius 3 is 2.44 bits per heavy atom. The third-order valence-corrected chi connectivity index (χ3v) is 2.86. The first kappa shape index (κ1) is 17.1. The van der Waals surface area contributed by atoms with Crippen LogP contribution >= 0.6 is 0 Å². The molecule has 0 aliphatic carbocycles. The summed E-state index contributed by atoms with van der Waals surface area (Å²) in [6.07, 6.45) is 0.972. The molecule has 0 radical (unpaired) electrons. The van der Waals surface area contributed by atoms with Gasteiger partial charge in [0.15, 0.2) is 5.78 Å². The Morgan fingerprint density at radius 2 is 1.94 bits per heavy atom. The van der Waals surface area contributed by atoms with E-state index in [-0.39, 0.29) is 12.3 Å². The van der Waals surface area contributed by atoms with Gasteiger partial charge in [-0.2, -0.15) is 0 Å². The van der Waals surface area contributed by atoms with Crippen LogP contribution < -0.4 is 5.32 Å². The van der Waals surface area contributed by atoms with Crippen LogP contribution in [0.2, 0.25) is 0 Å². The molecule has 0 spiro atoms. The van der Waals surface area contributed by atoms with Crippen molar-refractivity contribution in [3.63, 3.8) is 0 Å². The molecule has 0 amide bonds. The lowest BCUT2D eigenvalue weighted by Gasteiger charge is -2.24. The fraction of sp³-hybridized carbons (Fsp3) is 0.846. The second kappa shape index (κ2) is 8.21. The smallest absolute Gasteiger partial charge is 0.319 e. The van der Waals surface area contributed by atoms with Gasteiger partial charge >= 0.3 is 5.97 Å². The van der Waals surface area contributed by atoms with Gasteiger partial charge in [0.2, 0.25) is 0 Å². The molecule has 0 rings (SSSR count). The summed E-state index contributed by atoms with van der Waals surface area (Å²) in [6, 6.07) is 0. The zero-order chi connectivity index (χ0) is 14.2. The number of nitrogens with one attached hydrogen (secondary N) is 1. The Morgan fingerprint density at radius 1 is 1.33 bits per heavy atom. The van der Waals surface area contributed by atoms with E-state index in [2.05, 4.69) is 5.32 Å². The number of hydrogen-bond acceptors (Lipinski definition) is 5. The monoisotopic (exact) mass is 258 g/mol. The largest absolute Gasteiger partial charge is 0.465 e. The van der Waals surface area contributed by atoms with Crippen molar-refractivity contribution in [1.29, 1.82) is 0 Å². The predicted molar refractivity (Wildman–Crippen MR) is 71.5 cm³/mol. The number of ketones is 1. The molecule has 0 heterocycles. The highest BCUT2D eigenvalue weighted by Gasteiger charge is 2.37. The zero-order valence-electron chi connectivity index (χ0n) is 12.2. The maximum atomic E-state index is 12.1. The van der Waals surface area contributed by atoms with Crippen molar-refractivity contribution in [2.75, 3.05) is 40.3 Å².